The number of hydrogen-bond donors (Lipinski definition) is 2. The van der Waals surface area contributed by atoms with E-state index in [1.54, 1.807) is 0 Å². The smallest absolute Gasteiger partial charge is 0.241 e. The maximum absolute atomic E-state index is 12.9. The van der Waals surface area contributed by atoms with E-state index in [2.05, 4.69) is 24.5 Å². The van der Waals surface area contributed by atoms with E-state index in [1.807, 2.05) is 137 Å². The van der Waals surface area contributed by atoms with Gasteiger partial charge in [0.15, 0.2) is 0 Å². The van der Waals surface area contributed by atoms with Crippen LogP contribution >= 0.6 is 0 Å². The Morgan fingerprint density at radius 3 is 1.44 bits per heavy atom. The van der Waals surface area contributed by atoms with E-state index in [-0.39, 0.29) is 17.9 Å². The molecule has 6 nitrogen and oxygen atoms in total. The predicted molar refractivity (Wildman–Crippen MR) is 183 cm³/mol. The van der Waals surface area contributed by atoms with Gasteiger partial charge < -0.3 is 10.6 Å². The van der Waals surface area contributed by atoms with Gasteiger partial charge >= 0.3 is 0 Å². The van der Waals surface area contributed by atoms with Crippen LogP contribution in [0.25, 0.3) is 0 Å². The lowest BCUT2D eigenvalue weighted by molar-refractivity contribution is -0.121. The SMILES string of the molecule is CC.CC.CC.CCC.Cc1cccc(C)c1NC(=O)CN(C)CCC[C@H](C(=O)Nc1c(C)cccc1C)N(C)C. The molecule has 1 atom stereocenters. The van der Waals surface area contributed by atoms with Crippen molar-refractivity contribution in [3.63, 3.8) is 0 Å². The third-order valence-electron chi connectivity index (χ3n) is 5.83. The van der Waals surface area contributed by atoms with Crippen molar-refractivity contribution in [3.05, 3.63) is 58.7 Å². The third-order valence-corrected chi connectivity index (χ3v) is 5.83. The van der Waals surface area contributed by atoms with E-state index in [0.29, 0.717) is 13.0 Å². The number of aryl methyl sites for hydroxylation is 4. The van der Waals surface area contributed by atoms with Crippen molar-refractivity contribution in [1.82, 2.24) is 9.80 Å². The molecule has 0 aliphatic carbocycles. The molecular formula is C35H64N4O2. The molecule has 2 N–H and O–H groups in total. The summed E-state index contributed by atoms with van der Waals surface area (Å²) in [7, 11) is 5.79. The normalized spacial score (nSPS) is 10.4. The Labute approximate surface area is 254 Å². The van der Waals surface area contributed by atoms with Crippen LogP contribution in [0, 0.1) is 27.7 Å². The Morgan fingerprint density at radius 1 is 0.707 bits per heavy atom. The first-order valence-electron chi connectivity index (χ1n) is 15.6. The van der Waals surface area contributed by atoms with Gasteiger partial charge in [0.1, 0.15) is 0 Å². The third kappa shape index (κ3) is 17.7. The number of amides is 2. The highest BCUT2D eigenvalue weighted by Crippen LogP contribution is 2.21. The van der Waals surface area contributed by atoms with Crippen molar-refractivity contribution in [3.8, 4) is 0 Å². The summed E-state index contributed by atoms with van der Waals surface area (Å²) in [6, 6.07) is 11.8. The van der Waals surface area contributed by atoms with Crippen LogP contribution in [0.15, 0.2) is 36.4 Å². The van der Waals surface area contributed by atoms with Crippen LogP contribution in [-0.4, -0.2) is 61.9 Å². The van der Waals surface area contributed by atoms with Crippen LogP contribution in [0.1, 0.15) is 96.9 Å². The zero-order chi connectivity index (χ0) is 32.5. The van der Waals surface area contributed by atoms with Crippen molar-refractivity contribution in [1.29, 1.82) is 0 Å². The van der Waals surface area contributed by atoms with E-state index in [9.17, 15) is 9.59 Å². The average Bonchev–Trinajstić information content (AvgIpc) is 2.94. The average molecular weight is 573 g/mol. The minimum Gasteiger partial charge on any atom is -0.324 e. The highest BCUT2D eigenvalue weighted by molar-refractivity contribution is 5.96. The van der Waals surface area contributed by atoms with Gasteiger partial charge in [0.2, 0.25) is 11.8 Å². The summed E-state index contributed by atoms with van der Waals surface area (Å²) < 4.78 is 0. The van der Waals surface area contributed by atoms with Gasteiger partial charge in [0.05, 0.1) is 12.6 Å². The molecule has 0 saturated carbocycles. The molecule has 0 unspecified atom stereocenters. The number of likely N-dealkylation sites (N-methyl/N-ethyl adjacent to an activating group) is 2. The zero-order valence-corrected chi connectivity index (χ0v) is 29.3. The number of nitrogens with one attached hydrogen (secondary N) is 2. The Morgan fingerprint density at radius 2 is 1.07 bits per heavy atom. The van der Waals surface area contributed by atoms with Gasteiger partial charge in [-0.1, -0.05) is 98.2 Å². The standard InChI is InChI=1S/C26H38N4O2.C3H8.3C2H6/c1-18-11-8-12-19(2)24(18)27-23(31)17-30(7)16-10-15-22(29(5)6)26(32)28-25-20(3)13-9-14-21(25)4;1-3-2;3*1-2/h8-9,11-14,22H,10,15-17H2,1-7H3,(H,27,31)(H,28,32);3H2,1-2H3;3*1-2H3/t22-;;;;/m1..../s1. The molecule has 0 aromatic heterocycles. The zero-order valence-electron chi connectivity index (χ0n) is 29.3. The minimum absolute atomic E-state index is 0.00261. The molecule has 0 aliphatic rings. The molecule has 0 spiro atoms. The summed E-state index contributed by atoms with van der Waals surface area (Å²) in [5.74, 6) is -0.0235. The van der Waals surface area contributed by atoms with Gasteiger partial charge in [-0.25, -0.2) is 0 Å². The Bertz CT molecular complexity index is 917. The summed E-state index contributed by atoms with van der Waals surface area (Å²) in [6.07, 6.45) is 2.78. The van der Waals surface area contributed by atoms with Gasteiger partial charge in [-0.15, -0.1) is 0 Å². The lowest BCUT2D eigenvalue weighted by Gasteiger charge is -2.25. The number of hydrogen-bond acceptors (Lipinski definition) is 4. The van der Waals surface area contributed by atoms with Crippen molar-refractivity contribution < 1.29 is 9.59 Å². The molecule has 2 aromatic rings. The van der Waals surface area contributed by atoms with Crippen LogP contribution in [0.2, 0.25) is 0 Å². The van der Waals surface area contributed by atoms with Crippen molar-refractivity contribution in [2.24, 2.45) is 0 Å². The molecular weight excluding hydrogens is 508 g/mol. The number of rotatable bonds is 10. The molecule has 0 aliphatic heterocycles. The monoisotopic (exact) mass is 573 g/mol. The van der Waals surface area contributed by atoms with E-state index in [4.69, 9.17) is 0 Å². The Kier molecular flexibility index (Phi) is 27.3. The second-order valence-electron chi connectivity index (χ2n) is 9.64. The number of carbonyl (C=O) groups excluding carboxylic acids is 2. The van der Waals surface area contributed by atoms with Crippen LogP contribution < -0.4 is 10.6 Å². The summed E-state index contributed by atoms with van der Waals surface area (Å²) in [5, 5.41) is 6.14. The highest BCUT2D eigenvalue weighted by atomic mass is 16.2. The summed E-state index contributed by atoms with van der Waals surface area (Å²) in [6.45, 7) is 25.3. The minimum atomic E-state index is -0.231. The lowest BCUT2D eigenvalue weighted by atomic mass is 10.1. The van der Waals surface area contributed by atoms with Crippen molar-refractivity contribution in [2.75, 3.05) is 44.9 Å². The summed E-state index contributed by atoms with van der Waals surface area (Å²) in [5.41, 5.74) is 6.02. The van der Waals surface area contributed by atoms with Gasteiger partial charge in [-0.2, -0.15) is 0 Å². The highest BCUT2D eigenvalue weighted by Gasteiger charge is 2.22. The molecule has 0 radical (unpaired) electrons. The molecule has 0 bridgehead atoms. The predicted octanol–water partition coefficient (Wildman–Crippen LogP) is 8.63. The Balaban J connectivity index is -0.00000144. The van der Waals surface area contributed by atoms with Crippen molar-refractivity contribution >= 4 is 23.2 Å². The number of nitrogens with zero attached hydrogens (tertiary/aromatic N) is 2. The van der Waals surface area contributed by atoms with Crippen LogP contribution in [0.4, 0.5) is 11.4 Å². The maximum Gasteiger partial charge on any atom is 0.241 e. The molecule has 2 amide bonds. The Hall–Kier alpha value is -2.70. The maximum atomic E-state index is 12.9. The quantitative estimate of drug-likeness (QED) is 0.299. The molecule has 0 fully saturated rings. The van der Waals surface area contributed by atoms with Crippen LogP contribution in [0.3, 0.4) is 0 Å². The van der Waals surface area contributed by atoms with Crippen molar-refractivity contribution in [2.45, 2.75) is 108 Å². The summed E-state index contributed by atoms with van der Waals surface area (Å²) >= 11 is 0. The molecule has 0 saturated heterocycles. The molecule has 236 valence electrons. The van der Waals surface area contributed by atoms with E-state index in [0.717, 1.165) is 46.6 Å². The molecule has 0 heterocycles. The molecule has 2 aromatic carbocycles. The molecule has 41 heavy (non-hydrogen) atoms. The topological polar surface area (TPSA) is 64.7 Å². The first-order chi connectivity index (χ1) is 19.5. The number of para-hydroxylation sites is 2. The van der Waals surface area contributed by atoms with Crippen LogP contribution in [0.5, 0.6) is 0 Å². The second-order valence-corrected chi connectivity index (χ2v) is 9.64. The molecule has 2 rings (SSSR count). The first-order valence-corrected chi connectivity index (χ1v) is 15.6. The fourth-order valence-electron chi connectivity index (χ4n) is 3.91. The van der Waals surface area contributed by atoms with Gasteiger partial charge in [0, 0.05) is 11.4 Å². The summed E-state index contributed by atoms with van der Waals surface area (Å²) in [4.78, 5) is 29.4. The van der Waals surface area contributed by atoms with Gasteiger partial charge in [-0.05, 0) is 90.5 Å². The van der Waals surface area contributed by atoms with Crippen LogP contribution in [-0.2, 0) is 9.59 Å². The molecule has 6 heteroatoms. The van der Waals surface area contributed by atoms with E-state index >= 15 is 0 Å². The largest absolute Gasteiger partial charge is 0.324 e. The van der Waals surface area contributed by atoms with E-state index in [1.165, 1.54) is 6.42 Å². The van der Waals surface area contributed by atoms with Gasteiger partial charge in [-0.3, -0.25) is 19.4 Å². The lowest BCUT2D eigenvalue weighted by Crippen LogP contribution is -2.40. The first kappa shape index (κ1) is 42.8. The number of carbonyl (C=O) groups is 2. The fraction of sp³-hybridized carbons (Fsp3) is 0.600. The van der Waals surface area contributed by atoms with E-state index < -0.39 is 0 Å². The number of anilines is 2. The second kappa shape index (κ2) is 26.2. The number of benzene rings is 2. The van der Waals surface area contributed by atoms with Gasteiger partial charge in [0.25, 0.3) is 0 Å². The fourth-order valence-corrected chi connectivity index (χ4v) is 3.91.